The Hall–Kier alpha value is -2.53. The minimum absolute atomic E-state index is 0.258. The Balaban J connectivity index is 1.92. The van der Waals surface area contributed by atoms with Crippen LogP contribution in [0.1, 0.15) is 18.9 Å². The van der Waals surface area contributed by atoms with Gasteiger partial charge < -0.3 is 20.1 Å². The van der Waals surface area contributed by atoms with Crippen LogP contribution >= 0.6 is 0 Å². The van der Waals surface area contributed by atoms with E-state index in [0.29, 0.717) is 31.2 Å². The molecule has 0 aliphatic rings. The fraction of sp³-hybridized carbons (Fsp3) is 0.316. The SMILES string of the molecule is CCOCCCNC(=O)Nc1ccccc1Oc1cccc(C)c1. The van der Waals surface area contributed by atoms with Crippen LogP contribution in [0.4, 0.5) is 10.5 Å². The topological polar surface area (TPSA) is 59.6 Å². The molecular weight excluding hydrogens is 304 g/mol. The van der Waals surface area contributed by atoms with Crippen LogP contribution in [0, 0.1) is 6.92 Å². The molecule has 0 saturated heterocycles. The summed E-state index contributed by atoms with van der Waals surface area (Å²) in [4.78, 5) is 12.0. The largest absolute Gasteiger partial charge is 0.455 e. The highest BCUT2D eigenvalue weighted by Gasteiger charge is 2.08. The van der Waals surface area contributed by atoms with Gasteiger partial charge in [-0.2, -0.15) is 0 Å². The number of aryl methyl sites for hydroxylation is 1. The molecule has 24 heavy (non-hydrogen) atoms. The van der Waals surface area contributed by atoms with Crippen molar-refractivity contribution in [1.82, 2.24) is 5.32 Å². The predicted molar refractivity (Wildman–Crippen MR) is 95.8 cm³/mol. The lowest BCUT2D eigenvalue weighted by molar-refractivity contribution is 0.145. The van der Waals surface area contributed by atoms with Crippen molar-refractivity contribution >= 4 is 11.7 Å². The van der Waals surface area contributed by atoms with Crippen LogP contribution in [0.15, 0.2) is 48.5 Å². The fourth-order valence-corrected chi connectivity index (χ4v) is 2.15. The van der Waals surface area contributed by atoms with E-state index in [1.165, 1.54) is 0 Å². The third-order valence-corrected chi connectivity index (χ3v) is 3.31. The quantitative estimate of drug-likeness (QED) is 0.709. The number of rotatable bonds is 8. The van der Waals surface area contributed by atoms with Crippen LogP contribution in [-0.2, 0) is 4.74 Å². The third kappa shape index (κ3) is 5.93. The molecule has 0 aliphatic heterocycles. The molecule has 0 heterocycles. The molecule has 2 amide bonds. The molecule has 0 radical (unpaired) electrons. The number of nitrogens with one attached hydrogen (secondary N) is 2. The summed E-state index contributed by atoms with van der Waals surface area (Å²) in [6, 6.07) is 14.9. The molecule has 0 bridgehead atoms. The molecule has 2 aromatic carbocycles. The summed E-state index contributed by atoms with van der Waals surface area (Å²) < 4.78 is 11.1. The van der Waals surface area contributed by atoms with Crippen molar-refractivity contribution in [3.63, 3.8) is 0 Å². The minimum atomic E-state index is -0.258. The summed E-state index contributed by atoms with van der Waals surface area (Å²) in [6.45, 7) is 5.85. The molecule has 0 spiro atoms. The van der Waals surface area contributed by atoms with Gasteiger partial charge in [0.15, 0.2) is 5.75 Å². The van der Waals surface area contributed by atoms with Crippen molar-refractivity contribution in [3.8, 4) is 11.5 Å². The molecule has 0 fully saturated rings. The second-order valence-corrected chi connectivity index (χ2v) is 5.35. The van der Waals surface area contributed by atoms with E-state index in [4.69, 9.17) is 9.47 Å². The third-order valence-electron chi connectivity index (χ3n) is 3.31. The predicted octanol–water partition coefficient (Wildman–Crippen LogP) is 4.34. The summed E-state index contributed by atoms with van der Waals surface area (Å²) in [6.07, 6.45) is 0.780. The second kappa shape index (κ2) is 9.57. The van der Waals surface area contributed by atoms with E-state index in [-0.39, 0.29) is 6.03 Å². The van der Waals surface area contributed by atoms with Gasteiger partial charge in [-0.25, -0.2) is 4.79 Å². The normalized spacial score (nSPS) is 10.2. The van der Waals surface area contributed by atoms with Gasteiger partial charge in [-0.15, -0.1) is 0 Å². The van der Waals surface area contributed by atoms with Crippen LogP contribution in [-0.4, -0.2) is 25.8 Å². The van der Waals surface area contributed by atoms with E-state index in [1.807, 2.05) is 62.4 Å². The number of hydrogen-bond acceptors (Lipinski definition) is 3. The lowest BCUT2D eigenvalue weighted by Crippen LogP contribution is -2.30. The molecule has 2 aromatic rings. The zero-order valence-corrected chi connectivity index (χ0v) is 14.2. The van der Waals surface area contributed by atoms with Gasteiger partial charge in [0.25, 0.3) is 0 Å². The first-order valence-electron chi connectivity index (χ1n) is 8.15. The van der Waals surface area contributed by atoms with Gasteiger partial charge in [-0.1, -0.05) is 24.3 Å². The molecule has 128 valence electrons. The Bertz CT molecular complexity index is 659. The highest BCUT2D eigenvalue weighted by atomic mass is 16.5. The Kier molecular flexibility index (Phi) is 7.11. The molecule has 0 saturated carbocycles. The van der Waals surface area contributed by atoms with E-state index in [1.54, 1.807) is 0 Å². The van der Waals surface area contributed by atoms with Gasteiger partial charge >= 0.3 is 6.03 Å². The Labute approximate surface area is 143 Å². The monoisotopic (exact) mass is 328 g/mol. The molecule has 5 heteroatoms. The first kappa shape index (κ1) is 17.8. The van der Waals surface area contributed by atoms with Crippen LogP contribution in [0.2, 0.25) is 0 Å². The van der Waals surface area contributed by atoms with E-state index >= 15 is 0 Å². The van der Waals surface area contributed by atoms with E-state index < -0.39 is 0 Å². The number of amides is 2. The molecule has 5 nitrogen and oxygen atoms in total. The zero-order chi connectivity index (χ0) is 17.2. The van der Waals surface area contributed by atoms with Gasteiger partial charge in [-0.3, -0.25) is 0 Å². The molecule has 0 unspecified atom stereocenters. The van der Waals surface area contributed by atoms with Gasteiger partial charge in [0.2, 0.25) is 0 Å². The number of carbonyl (C=O) groups is 1. The van der Waals surface area contributed by atoms with Gasteiger partial charge in [0.1, 0.15) is 5.75 Å². The maximum Gasteiger partial charge on any atom is 0.319 e. The van der Waals surface area contributed by atoms with Crippen LogP contribution < -0.4 is 15.4 Å². The van der Waals surface area contributed by atoms with Gasteiger partial charge in [0.05, 0.1) is 5.69 Å². The van der Waals surface area contributed by atoms with Crippen LogP contribution in [0.3, 0.4) is 0 Å². The summed E-state index contributed by atoms with van der Waals surface area (Å²) in [5.41, 5.74) is 1.74. The summed E-state index contributed by atoms with van der Waals surface area (Å²) in [5, 5.41) is 5.63. The molecule has 2 rings (SSSR count). The van der Waals surface area contributed by atoms with Crippen LogP contribution in [0.25, 0.3) is 0 Å². The zero-order valence-electron chi connectivity index (χ0n) is 14.2. The summed E-state index contributed by atoms with van der Waals surface area (Å²) >= 11 is 0. The van der Waals surface area contributed by atoms with Crippen molar-refractivity contribution in [2.24, 2.45) is 0 Å². The first-order valence-corrected chi connectivity index (χ1v) is 8.15. The first-order chi connectivity index (χ1) is 11.7. The standard InChI is InChI=1S/C19H24N2O3/c1-3-23-13-7-12-20-19(22)21-17-10-4-5-11-18(17)24-16-9-6-8-15(2)14-16/h4-6,8-11,14H,3,7,12-13H2,1-2H3,(H2,20,21,22). The fourth-order valence-electron chi connectivity index (χ4n) is 2.15. The van der Waals surface area contributed by atoms with Gasteiger partial charge in [0, 0.05) is 19.8 Å². The van der Waals surface area contributed by atoms with Crippen molar-refractivity contribution in [3.05, 3.63) is 54.1 Å². The molecule has 0 aromatic heterocycles. The van der Waals surface area contributed by atoms with Crippen molar-refractivity contribution < 1.29 is 14.3 Å². The number of para-hydroxylation sites is 2. The smallest absolute Gasteiger partial charge is 0.319 e. The molecule has 0 atom stereocenters. The average Bonchev–Trinajstić information content (AvgIpc) is 2.56. The lowest BCUT2D eigenvalue weighted by Gasteiger charge is -2.13. The van der Waals surface area contributed by atoms with E-state index in [0.717, 1.165) is 17.7 Å². The Morgan fingerprint density at radius 2 is 1.96 bits per heavy atom. The van der Waals surface area contributed by atoms with Crippen molar-refractivity contribution in [2.75, 3.05) is 25.1 Å². The number of urea groups is 1. The highest BCUT2D eigenvalue weighted by Crippen LogP contribution is 2.29. The number of carbonyl (C=O) groups excluding carboxylic acids is 1. The maximum atomic E-state index is 12.0. The Morgan fingerprint density at radius 3 is 2.75 bits per heavy atom. The van der Waals surface area contributed by atoms with Gasteiger partial charge in [-0.05, 0) is 50.1 Å². The van der Waals surface area contributed by atoms with Crippen LogP contribution in [0.5, 0.6) is 11.5 Å². The van der Waals surface area contributed by atoms with E-state index in [2.05, 4.69) is 10.6 Å². The van der Waals surface area contributed by atoms with E-state index in [9.17, 15) is 4.79 Å². The molecule has 2 N–H and O–H groups in total. The summed E-state index contributed by atoms with van der Waals surface area (Å²) in [7, 11) is 0. The number of benzene rings is 2. The average molecular weight is 328 g/mol. The lowest BCUT2D eigenvalue weighted by atomic mass is 10.2. The summed E-state index contributed by atoms with van der Waals surface area (Å²) in [5.74, 6) is 1.34. The highest BCUT2D eigenvalue weighted by molar-refractivity contribution is 5.90. The number of hydrogen-bond donors (Lipinski definition) is 2. The van der Waals surface area contributed by atoms with Crippen molar-refractivity contribution in [2.45, 2.75) is 20.3 Å². The molecule has 0 aliphatic carbocycles. The Morgan fingerprint density at radius 1 is 1.12 bits per heavy atom. The van der Waals surface area contributed by atoms with Crippen molar-refractivity contribution in [1.29, 1.82) is 0 Å². The maximum absolute atomic E-state index is 12.0. The second-order valence-electron chi connectivity index (χ2n) is 5.35. The minimum Gasteiger partial charge on any atom is -0.455 e. The number of anilines is 1. The molecular formula is C19H24N2O3. The number of ether oxygens (including phenoxy) is 2.